The number of halogens is 1. The number of hydrogen-bond donors (Lipinski definition) is 0. The zero-order chi connectivity index (χ0) is 21.0. The number of carbonyl (C=O) groups excluding carboxylic acids is 2. The topological polar surface area (TPSA) is 113 Å². The third-order valence-corrected chi connectivity index (χ3v) is 5.08. The third kappa shape index (κ3) is 4.98. The maximum absolute atomic E-state index is 12.3. The lowest BCUT2D eigenvalue weighted by Gasteiger charge is -2.04. The van der Waals surface area contributed by atoms with Crippen LogP contribution in [0.25, 0.3) is 10.2 Å². The number of nitrogens with zero attached hydrogens (tertiary/aromatic N) is 3. The van der Waals surface area contributed by atoms with Gasteiger partial charge in [0, 0.05) is 17.2 Å². The predicted octanol–water partition coefficient (Wildman–Crippen LogP) is 2.94. The molecule has 1 amide bonds. The molecular weight excluding hydrogens is 422 g/mol. The van der Waals surface area contributed by atoms with Crippen molar-refractivity contribution < 1.29 is 24.0 Å². The van der Waals surface area contributed by atoms with Crippen molar-refractivity contribution >= 4 is 50.7 Å². The minimum absolute atomic E-state index is 0.104. The van der Waals surface area contributed by atoms with Crippen molar-refractivity contribution in [1.29, 1.82) is 0 Å². The molecule has 11 heteroatoms. The lowest BCUT2D eigenvalue weighted by Crippen LogP contribution is -2.23. The minimum Gasteiger partial charge on any atom is -0.484 e. The van der Waals surface area contributed by atoms with Crippen molar-refractivity contribution in [3.8, 4) is 5.75 Å². The molecule has 0 aliphatic rings. The molecule has 0 aliphatic carbocycles. The van der Waals surface area contributed by atoms with E-state index in [0.29, 0.717) is 21.0 Å². The van der Waals surface area contributed by atoms with Gasteiger partial charge in [0.05, 0.1) is 22.2 Å². The second kappa shape index (κ2) is 8.84. The van der Waals surface area contributed by atoms with E-state index in [9.17, 15) is 19.7 Å². The Labute approximate surface area is 172 Å². The number of nitro groups is 1. The summed E-state index contributed by atoms with van der Waals surface area (Å²) in [7, 11) is 1.24. The summed E-state index contributed by atoms with van der Waals surface area (Å²) in [5.41, 5.74) is 0.420. The van der Waals surface area contributed by atoms with Crippen molar-refractivity contribution in [3.63, 3.8) is 0 Å². The fourth-order valence-corrected chi connectivity index (χ4v) is 3.63. The molecule has 1 heterocycles. The van der Waals surface area contributed by atoms with Crippen LogP contribution in [-0.2, 0) is 20.9 Å². The quantitative estimate of drug-likeness (QED) is 0.334. The number of rotatable bonds is 6. The van der Waals surface area contributed by atoms with E-state index in [0.717, 1.165) is 11.3 Å². The average Bonchev–Trinajstić information content (AvgIpc) is 3.03. The van der Waals surface area contributed by atoms with Gasteiger partial charge in [-0.25, -0.2) is 0 Å². The number of benzene rings is 2. The Morgan fingerprint density at radius 3 is 2.62 bits per heavy atom. The van der Waals surface area contributed by atoms with Gasteiger partial charge in [0.15, 0.2) is 11.4 Å². The van der Waals surface area contributed by atoms with Crippen LogP contribution in [-0.4, -0.2) is 35.1 Å². The number of carbonyl (C=O) groups is 2. The van der Waals surface area contributed by atoms with Gasteiger partial charge in [-0.3, -0.25) is 19.7 Å². The molecule has 0 radical (unpaired) electrons. The maximum atomic E-state index is 12.3. The summed E-state index contributed by atoms with van der Waals surface area (Å²) in [5, 5.41) is 11.5. The lowest BCUT2D eigenvalue weighted by atomic mass is 10.3. The minimum atomic E-state index is -0.584. The van der Waals surface area contributed by atoms with Crippen molar-refractivity contribution in [3.05, 3.63) is 62.4 Å². The molecule has 3 aromatic rings. The highest BCUT2D eigenvalue weighted by molar-refractivity contribution is 7.16. The van der Waals surface area contributed by atoms with Gasteiger partial charge in [-0.15, -0.1) is 0 Å². The summed E-state index contributed by atoms with van der Waals surface area (Å²) in [6.45, 7) is -0.521. The van der Waals surface area contributed by atoms with Crippen molar-refractivity contribution in [2.75, 3.05) is 13.7 Å². The number of aromatic nitrogens is 1. The molecule has 0 aliphatic heterocycles. The van der Waals surface area contributed by atoms with Gasteiger partial charge in [0.1, 0.15) is 12.3 Å². The van der Waals surface area contributed by atoms with E-state index >= 15 is 0 Å². The van der Waals surface area contributed by atoms with Crippen LogP contribution < -0.4 is 9.54 Å². The first kappa shape index (κ1) is 20.5. The Morgan fingerprint density at radius 2 is 1.97 bits per heavy atom. The fraction of sp³-hybridized carbons (Fsp3) is 0.167. The van der Waals surface area contributed by atoms with E-state index in [2.05, 4.69) is 9.73 Å². The number of ether oxygens (including phenoxy) is 2. The smallest absolute Gasteiger partial charge is 0.325 e. The van der Waals surface area contributed by atoms with Gasteiger partial charge < -0.3 is 14.0 Å². The van der Waals surface area contributed by atoms with Crippen LogP contribution >= 0.6 is 22.9 Å². The molecule has 0 spiro atoms. The van der Waals surface area contributed by atoms with E-state index < -0.39 is 16.8 Å². The highest BCUT2D eigenvalue weighted by Gasteiger charge is 2.15. The fourth-order valence-electron chi connectivity index (χ4n) is 2.42. The summed E-state index contributed by atoms with van der Waals surface area (Å²) in [4.78, 5) is 38.7. The monoisotopic (exact) mass is 435 g/mol. The number of methoxy groups -OCH3 is 1. The second-order valence-corrected chi connectivity index (χ2v) is 7.15. The van der Waals surface area contributed by atoms with Crippen LogP contribution in [0, 0.1) is 10.1 Å². The normalized spacial score (nSPS) is 11.4. The highest BCUT2D eigenvalue weighted by atomic mass is 35.5. The molecule has 150 valence electrons. The van der Waals surface area contributed by atoms with Crippen LogP contribution in [0.2, 0.25) is 5.02 Å². The standard InChI is InChI=1S/C18H14ClN3O6S/c1-27-17(24)9-21-14-7-4-12(22(25)26)8-15(14)29-18(21)20-16(23)10-28-13-5-2-11(19)3-6-13/h2-8H,9-10H2,1H3. The predicted molar refractivity (Wildman–Crippen MR) is 106 cm³/mol. The first-order valence-corrected chi connectivity index (χ1v) is 9.37. The molecule has 0 N–H and O–H groups in total. The molecule has 1 aromatic heterocycles. The first-order valence-electron chi connectivity index (χ1n) is 8.18. The van der Waals surface area contributed by atoms with E-state index in [4.69, 9.17) is 16.3 Å². The molecule has 3 rings (SSSR count). The van der Waals surface area contributed by atoms with Crippen molar-refractivity contribution in [1.82, 2.24) is 4.57 Å². The molecule has 0 fully saturated rings. The number of fused-ring (bicyclic) bond motifs is 1. The molecule has 0 bridgehead atoms. The summed E-state index contributed by atoms with van der Waals surface area (Å²) in [6.07, 6.45) is 0. The zero-order valence-corrected chi connectivity index (χ0v) is 16.6. The van der Waals surface area contributed by atoms with Gasteiger partial charge in [0.25, 0.3) is 11.6 Å². The molecular formula is C18H14ClN3O6S. The Kier molecular flexibility index (Phi) is 6.25. The van der Waals surface area contributed by atoms with Crippen LogP contribution in [0.15, 0.2) is 47.5 Å². The average molecular weight is 436 g/mol. The molecule has 0 saturated heterocycles. The van der Waals surface area contributed by atoms with Gasteiger partial charge >= 0.3 is 5.97 Å². The highest BCUT2D eigenvalue weighted by Crippen LogP contribution is 2.23. The summed E-state index contributed by atoms with van der Waals surface area (Å²) < 4.78 is 12.0. The number of esters is 1. The van der Waals surface area contributed by atoms with Gasteiger partial charge in [-0.1, -0.05) is 22.9 Å². The summed E-state index contributed by atoms with van der Waals surface area (Å²) in [5.74, 6) is -0.679. The Hall–Kier alpha value is -3.24. The SMILES string of the molecule is COC(=O)Cn1c(=NC(=O)COc2ccc(Cl)cc2)sc2cc([N+](=O)[O-])ccc21. The molecule has 0 atom stereocenters. The summed E-state index contributed by atoms with van der Waals surface area (Å²) in [6, 6.07) is 10.7. The van der Waals surface area contributed by atoms with Crippen LogP contribution in [0.4, 0.5) is 5.69 Å². The van der Waals surface area contributed by atoms with Crippen LogP contribution in [0.1, 0.15) is 0 Å². The number of non-ortho nitro benzene ring substituents is 1. The largest absolute Gasteiger partial charge is 0.484 e. The lowest BCUT2D eigenvalue weighted by molar-refractivity contribution is -0.384. The van der Waals surface area contributed by atoms with Crippen molar-refractivity contribution in [2.45, 2.75) is 6.54 Å². The molecule has 0 saturated carbocycles. The number of thiazole rings is 1. The van der Waals surface area contributed by atoms with Gasteiger partial charge in [0.2, 0.25) is 0 Å². The molecule has 9 nitrogen and oxygen atoms in total. The summed E-state index contributed by atoms with van der Waals surface area (Å²) >= 11 is 6.85. The number of amides is 1. The molecule has 0 unspecified atom stereocenters. The van der Waals surface area contributed by atoms with Gasteiger partial charge in [-0.2, -0.15) is 4.99 Å². The Bertz CT molecular complexity index is 1150. The van der Waals surface area contributed by atoms with Gasteiger partial charge in [-0.05, 0) is 30.3 Å². The van der Waals surface area contributed by atoms with Crippen molar-refractivity contribution in [2.24, 2.45) is 4.99 Å². The van der Waals surface area contributed by atoms with E-state index in [-0.39, 0.29) is 23.6 Å². The third-order valence-electron chi connectivity index (χ3n) is 3.79. The molecule has 29 heavy (non-hydrogen) atoms. The van der Waals surface area contributed by atoms with Crippen LogP contribution in [0.5, 0.6) is 5.75 Å². The first-order chi connectivity index (χ1) is 13.9. The zero-order valence-electron chi connectivity index (χ0n) is 15.0. The van der Waals surface area contributed by atoms with Crippen LogP contribution in [0.3, 0.4) is 0 Å². The van der Waals surface area contributed by atoms with E-state index in [1.54, 1.807) is 24.3 Å². The van der Waals surface area contributed by atoms with E-state index in [1.807, 2.05) is 0 Å². The maximum Gasteiger partial charge on any atom is 0.325 e. The Balaban J connectivity index is 1.93. The Morgan fingerprint density at radius 1 is 1.24 bits per heavy atom. The second-order valence-electron chi connectivity index (χ2n) is 5.70. The number of nitro benzene ring substituents is 1. The number of hydrogen-bond acceptors (Lipinski definition) is 7. The molecule has 2 aromatic carbocycles. The van der Waals surface area contributed by atoms with E-state index in [1.165, 1.54) is 29.9 Å².